The lowest BCUT2D eigenvalue weighted by molar-refractivity contribution is 0.0870. The number of nitrogens with zero attached hydrogens (tertiary/aromatic N) is 1. The topological polar surface area (TPSA) is 40.5 Å². The number of Topliss-reactive ketones (excluding diaryl/α,β-unsaturated/α-hetero) is 1. The Morgan fingerprint density at radius 1 is 1.33 bits per heavy atom. The normalized spacial score (nSPS) is 17.7. The van der Waals surface area contributed by atoms with Crippen molar-refractivity contribution in [3.05, 3.63) is 35.6 Å². The molecule has 0 bridgehead atoms. The van der Waals surface area contributed by atoms with E-state index in [0.29, 0.717) is 5.56 Å². The quantitative estimate of drug-likeness (QED) is 0.656. The number of hydrogen-bond donors (Lipinski definition) is 1. The molecule has 0 saturated carbocycles. The minimum absolute atomic E-state index is 0.00883. The molecule has 1 aliphatic heterocycles. The highest BCUT2D eigenvalue weighted by molar-refractivity contribution is 6.45. The fourth-order valence-corrected chi connectivity index (χ4v) is 2.39. The first-order valence-corrected chi connectivity index (χ1v) is 6.30. The first kappa shape index (κ1) is 13.2. The van der Waals surface area contributed by atoms with Crippen molar-refractivity contribution < 1.29 is 14.2 Å². The van der Waals surface area contributed by atoms with Gasteiger partial charge in [0.1, 0.15) is 5.82 Å². The minimum Gasteiger partial charge on any atom is -0.437 e. The van der Waals surface area contributed by atoms with Crippen LogP contribution in [0.15, 0.2) is 24.3 Å². The Morgan fingerprint density at radius 3 is 2.39 bits per heavy atom. The van der Waals surface area contributed by atoms with Gasteiger partial charge in [0, 0.05) is 11.5 Å². The van der Waals surface area contributed by atoms with E-state index >= 15 is 0 Å². The Morgan fingerprint density at radius 2 is 1.89 bits per heavy atom. The zero-order chi connectivity index (χ0) is 13.1. The van der Waals surface area contributed by atoms with Crippen LogP contribution in [0.3, 0.4) is 0 Å². The van der Waals surface area contributed by atoms with E-state index in [1.54, 1.807) is 19.0 Å². The number of carbonyl (C=O) groups is 1. The molecule has 0 atom stereocenters. The van der Waals surface area contributed by atoms with Crippen molar-refractivity contribution in [1.29, 1.82) is 0 Å². The van der Waals surface area contributed by atoms with Gasteiger partial charge in [0.2, 0.25) is 0 Å². The summed E-state index contributed by atoms with van der Waals surface area (Å²) in [5.74, 6) is -0.249. The van der Waals surface area contributed by atoms with Gasteiger partial charge in [0.25, 0.3) is 0 Å². The molecule has 18 heavy (non-hydrogen) atoms. The lowest BCUT2D eigenvalue weighted by Gasteiger charge is -2.31. The molecule has 5 heteroatoms. The van der Waals surface area contributed by atoms with Gasteiger partial charge in [-0.2, -0.15) is 0 Å². The highest BCUT2D eigenvalue weighted by Gasteiger charge is 2.28. The second-order valence-corrected chi connectivity index (χ2v) is 4.81. The standard InChI is InChI=1S/C13H17BFNO2/c1-14(18)16-8-6-11(7-9-16)13(17)10-2-4-12(15)5-3-10/h2-5,11,18H,6-9H2,1H3. The van der Waals surface area contributed by atoms with Crippen molar-refractivity contribution in [1.82, 2.24) is 4.81 Å². The molecular formula is C13H17BFNO2. The van der Waals surface area contributed by atoms with Gasteiger partial charge in [-0.05, 0) is 57.0 Å². The molecule has 96 valence electrons. The molecule has 0 aromatic heterocycles. The van der Waals surface area contributed by atoms with Crippen molar-refractivity contribution >= 4 is 12.8 Å². The lowest BCUT2D eigenvalue weighted by atomic mass is 9.79. The number of piperidine rings is 1. The molecule has 1 aromatic rings. The summed E-state index contributed by atoms with van der Waals surface area (Å²) in [7, 11) is -0.452. The SMILES string of the molecule is CB(O)N1CCC(C(=O)c2ccc(F)cc2)CC1. The molecule has 0 unspecified atom stereocenters. The Kier molecular flexibility index (Phi) is 4.14. The number of hydrogen-bond acceptors (Lipinski definition) is 3. The van der Waals surface area contributed by atoms with E-state index in [1.807, 2.05) is 4.81 Å². The Bertz CT molecular complexity index is 414. The highest BCUT2D eigenvalue weighted by atomic mass is 19.1. The van der Waals surface area contributed by atoms with Crippen LogP contribution in [0.25, 0.3) is 0 Å². The predicted molar refractivity (Wildman–Crippen MR) is 68.9 cm³/mol. The number of halogens is 1. The third-order valence-corrected chi connectivity index (χ3v) is 3.56. The molecule has 0 aliphatic carbocycles. The lowest BCUT2D eigenvalue weighted by Crippen LogP contribution is -2.44. The minimum atomic E-state index is -0.452. The Labute approximate surface area is 107 Å². The number of carbonyl (C=O) groups excluding carboxylic acids is 1. The maximum atomic E-state index is 12.8. The molecule has 1 heterocycles. The molecule has 1 N–H and O–H groups in total. The van der Waals surface area contributed by atoms with Gasteiger partial charge in [-0.1, -0.05) is 0 Å². The van der Waals surface area contributed by atoms with Crippen LogP contribution < -0.4 is 0 Å². The van der Waals surface area contributed by atoms with Crippen LogP contribution in [0, 0.1) is 11.7 Å². The predicted octanol–water partition coefficient (Wildman–Crippen LogP) is 1.83. The zero-order valence-corrected chi connectivity index (χ0v) is 10.5. The highest BCUT2D eigenvalue weighted by Crippen LogP contribution is 2.22. The Balaban J connectivity index is 1.97. The van der Waals surface area contributed by atoms with Crippen LogP contribution >= 0.6 is 0 Å². The molecule has 0 spiro atoms. The van der Waals surface area contributed by atoms with Crippen LogP contribution in [0.4, 0.5) is 4.39 Å². The van der Waals surface area contributed by atoms with Crippen molar-refractivity contribution in [2.45, 2.75) is 19.7 Å². The average molecular weight is 249 g/mol. The maximum absolute atomic E-state index is 12.8. The summed E-state index contributed by atoms with van der Waals surface area (Å²) in [5, 5.41) is 9.45. The maximum Gasteiger partial charge on any atom is 0.376 e. The van der Waals surface area contributed by atoms with Crippen LogP contribution in [0.5, 0.6) is 0 Å². The smallest absolute Gasteiger partial charge is 0.376 e. The molecule has 0 amide bonds. The summed E-state index contributed by atoms with van der Waals surface area (Å²) in [6, 6.07) is 5.72. The van der Waals surface area contributed by atoms with Crippen molar-refractivity contribution in [3.63, 3.8) is 0 Å². The van der Waals surface area contributed by atoms with Gasteiger partial charge in [0.05, 0.1) is 0 Å². The van der Waals surface area contributed by atoms with Crippen LogP contribution in [-0.4, -0.2) is 35.8 Å². The van der Waals surface area contributed by atoms with Crippen molar-refractivity contribution in [2.75, 3.05) is 13.1 Å². The summed E-state index contributed by atoms with van der Waals surface area (Å²) < 4.78 is 12.8. The second-order valence-electron chi connectivity index (χ2n) is 4.81. The average Bonchev–Trinajstić information content (AvgIpc) is 2.39. The van der Waals surface area contributed by atoms with E-state index in [4.69, 9.17) is 0 Å². The zero-order valence-electron chi connectivity index (χ0n) is 10.5. The molecule has 0 radical (unpaired) electrons. The van der Waals surface area contributed by atoms with Crippen LogP contribution in [-0.2, 0) is 0 Å². The van der Waals surface area contributed by atoms with E-state index in [0.717, 1.165) is 25.9 Å². The van der Waals surface area contributed by atoms with Gasteiger partial charge in [-0.25, -0.2) is 4.39 Å². The summed E-state index contributed by atoms with van der Waals surface area (Å²) in [6.07, 6.45) is 1.50. The summed E-state index contributed by atoms with van der Waals surface area (Å²) in [4.78, 5) is 14.1. The second kappa shape index (κ2) is 5.63. The number of rotatable bonds is 3. The number of benzene rings is 1. The van der Waals surface area contributed by atoms with E-state index in [1.165, 1.54) is 12.1 Å². The molecule has 1 saturated heterocycles. The van der Waals surface area contributed by atoms with Gasteiger partial charge in [-0.3, -0.25) is 4.79 Å². The Hall–Kier alpha value is -1.20. The van der Waals surface area contributed by atoms with Gasteiger partial charge in [-0.15, -0.1) is 0 Å². The largest absolute Gasteiger partial charge is 0.437 e. The van der Waals surface area contributed by atoms with Gasteiger partial charge in [0.15, 0.2) is 5.78 Å². The first-order chi connectivity index (χ1) is 8.58. The van der Waals surface area contributed by atoms with E-state index < -0.39 is 7.05 Å². The summed E-state index contributed by atoms with van der Waals surface area (Å²) in [6.45, 7) is 3.20. The molecule has 1 aliphatic rings. The van der Waals surface area contributed by atoms with Crippen molar-refractivity contribution in [2.24, 2.45) is 5.92 Å². The van der Waals surface area contributed by atoms with E-state index in [-0.39, 0.29) is 17.5 Å². The number of ketones is 1. The molecule has 3 nitrogen and oxygen atoms in total. The molecule has 1 fully saturated rings. The first-order valence-electron chi connectivity index (χ1n) is 6.30. The van der Waals surface area contributed by atoms with Gasteiger partial charge < -0.3 is 9.83 Å². The fraction of sp³-hybridized carbons (Fsp3) is 0.462. The molecular weight excluding hydrogens is 232 g/mol. The van der Waals surface area contributed by atoms with Crippen LogP contribution in [0.1, 0.15) is 23.2 Å². The summed E-state index contributed by atoms with van der Waals surface area (Å²) in [5.41, 5.74) is 0.576. The monoisotopic (exact) mass is 249 g/mol. The third kappa shape index (κ3) is 2.97. The van der Waals surface area contributed by atoms with Gasteiger partial charge >= 0.3 is 7.05 Å². The molecule has 2 rings (SSSR count). The van der Waals surface area contributed by atoms with Crippen LogP contribution in [0.2, 0.25) is 6.82 Å². The summed E-state index contributed by atoms with van der Waals surface area (Å²) >= 11 is 0. The van der Waals surface area contributed by atoms with Crippen molar-refractivity contribution in [3.8, 4) is 0 Å². The van der Waals surface area contributed by atoms with E-state index in [9.17, 15) is 14.2 Å². The third-order valence-electron chi connectivity index (χ3n) is 3.56. The molecule has 1 aromatic carbocycles. The van der Waals surface area contributed by atoms with E-state index in [2.05, 4.69) is 0 Å². The fourth-order valence-electron chi connectivity index (χ4n) is 2.39.